The van der Waals surface area contributed by atoms with Crippen LogP contribution in [-0.4, -0.2) is 10.8 Å². The summed E-state index contributed by atoms with van der Waals surface area (Å²) < 4.78 is 0. The Morgan fingerprint density at radius 3 is 3.00 bits per heavy atom. The molecule has 0 atom stereocenters. The SMILES string of the molecule is O=C(Cc1ccncc1Cl)c1cccs1. The molecule has 0 aliphatic rings. The van der Waals surface area contributed by atoms with E-state index in [0.717, 1.165) is 10.4 Å². The highest BCUT2D eigenvalue weighted by atomic mass is 35.5. The van der Waals surface area contributed by atoms with E-state index < -0.39 is 0 Å². The molecule has 15 heavy (non-hydrogen) atoms. The fourth-order valence-corrected chi connectivity index (χ4v) is 2.10. The van der Waals surface area contributed by atoms with E-state index in [1.165, 1.54) is 11.3 Å². The number of carbonyl (C=O) groups is 1. The summed E-state index contributed by atoms with van der Waals surface area (Å²) in [6.45, 7) is 0. The number of Topliss-reactive ketones (excluding diaryl/α,β-unsaturated/α-hetero) is 1. The molecule has 0 saturated heterocycles. The number of halogens is 1. The van der Waals surface area contributed by atoms with E-state index in [4.69, 9.17) is 11.6 Å². The van der Waals surface area contributed by atoms with E-state index in [0.29, 0.717) is 11.4 Å². The molecule has 0 aliphatic heterocycles. The number of carbonyl (C=O) groups excluding carboxylic acids is 1. The molecule has 0 fully saturated rings. The molecule has 2 aromatic rings. The van der Waals surface area contributed by atoms with Crippen LogP contribution in [0.2, 0.25) is 5.02 Å². The Morgan fingerprint density at radius 1 is 1.47 bits per heavy atom. The molecule has 2 heterocycles. The highest BCUT2D eigenvalue weighted by Crippen LogP contribution is 2.18. The van der Waals surface area contributed by atoms with Gasteiger partial charge in [0.2, 0.25) is 0 Å². The summed E-state index contributed by atoms with van der Waals surface area (Å²) >= 11 is 7.37. The van der Waals surface area contributed by atoms with E-state index in [2.05, 4.69) is 4.98 Å². The standard InChI is InChI=1S/C11H8ClNOS/c12-9-7-13-4-3-8(9)6-10(14)11-2-1-5-15-11/h1-5,7H,6H2. The van der Waals surface area contributed by atoms with Crippen molar-refractivity contribution in [3.8, 4) is 0 Å². The molecule has 0 aliphatic carbocycles. The van der Waals surface area contributed by atoms with Gasteiger partial charge >= 0.3 is 0 Å². The topological polar surface area (TPSA) is 30.0 Å². The van der Waals surface area contributed by atoms with Gasteiger partial charge < -0.3 is 0 Å². The van der Waals surface area contributed by atoms with Crippen LogP contribution >= 0.6 is 22.9 Å². The van der Waals surface area contributed by atoms with Crippen LogP contribution in [0, 0.1) is 0 Å². The monoisotopic (exact) mass is 237 g/mol. The largest absolute Gasteiger partial charge is 0.293 e. The molecular weight excluding hydrogens is 230 g/mol. The summed E-state index contributed by atoms with van der Waals surface area (Å²) in [6, 6.07) is 5.46. The van der Waals surface area contributed by atoms with Crippen molar-refractivity contribution in [2.75, 3.05) is 0 Å². The van der Waals surface area contributed by atoms with Crippen LogP contribution in [0.5, 0.6) is 0 Å². The minimum Gasteiger partial charge on any atom is -0.293 e. The van der Waals surface area contributed by atoms with E-state index in [1.807, 2.05) is 17.5 Å². The number of rotatable bonds is 3. The van der Waals surface area contributed by atoms with Crippen LogP contribution in [0.25, 0.3) is 0 Å². The van der Waals surface area contributed by atoms with Crippen LogP contribution in [0.15, 0.2) is 36.0 Å². The Balaban J connectivity index is 2.17. The van der Waals surface area contributed by atoms with E-state index in [-0.39, 0.29) is 5.78 Å². The quantitative estimate of drug-likeness (QED) is 0.768. The first-order valence-electron chi connectivity index (χ1n) is 4.42. The number of pyridine rings is 1. The van der Waals surface area contributed by atoms with Gasteiger partial charge in [-0.05, 0) is 23.1 Å². The van der Waals surface area contributed by atoms with Crippen molar-refractivity contribution in [2.45, 2.75) is 6.42 Å². The van der Waals surface area contributed by atoms with Gasteiger partial charge in [-0.25, -0.2) is 0 Å². The van der Waals surface area contributed by atoms with E-state index in [9.17, 15) is 4.79 Å². The maximum Gasteiger partial charge on any atom is 0.177 e. The average Bonchev–Trinajstić information content (AvgIpc) is 2.74. The number of hydrogen-bond donors (Lipinski definition) is 0. The average molecular weight is 238 g/mol. The zero-order chi connectivity index (χ0) is 10.7. The lowest BCUT2D eigenvalue weighted by Gasteiger charge is -2.00. The van der Waals surface area contributed by atoms with Gasteiger partial charge in [0.25, 0.3) is 0 Å². The van der Waals surface area contributed by atoms with Gasteiger partial charge in [-0.3, -0.25) is 9.78 Å². The molecule has 2 rings (SSSR count). The van der Waals surface area contributed by atoms with Crippen molar-refractivity contribution in [1.29, 1.82) is 0 Å². The summed E-state index contributed by atoms with van der Waals surface area (Å²) in [6.07, 6.45) is 3.53. The predicted molar refractivity (Wildman–Crippen MR) is 61.6 cm³/mol. The van der Waals surface area contributed by atoms with Crippen LogP contribution in [0.4, 0.5) is 0 Å². The Morgan fingerprint density at radius 2 is 2.33 bits per heavy atom. The molecule has 0 unspecified atom stereocenters. The smallest absolute Gasteiger partial charge is 0.177 e. The fourth-order valence-electron chi connectivity index (χ4n) is 1.24. The summed E-state index contributed by atoms with van der Waals surface area (Å²) in [5, 5.41) is 2.43. The lowest BCUT2D eigenvalue weighted by atomic mass is 10.1. The molecule has 0 saturated carbocycles. The zero-order valence-electron chi connectivity index (χ0n) is 7.81. The van der Waals surface area contributed by atoms with Gasteiger partial charge in [0.05, 0.1) is 9.90 Å². The number of aromatic nitrogens is 1. The summed E-state index contributed by atoms with van der Waals surface area (Å²) in [5.41, 5.74) is 0.824. The molecule has 0 radical (unpaired) electrons. The van der Waals surface area contributed by atoms with Gasteiger partial charge in [0.1, 0.15) is 0 Å². The van der Waals surface area contributed by atoms with Gasteiger partial charge in [0, 0.05) is 18.8 Å². The van der Waals surface area contributed by atoms with Crippen molar-refractivity contribution in [3.05, 3.63) is 51.4 Å². The third-order valence-corrected chi connectivity index (χ3v) is 3.25. The first kappa shape index (κ1) is 10.3. The van der Waals surface area contributed by atoms with Crippen molar-refractivity contribution in [3.63, 3.8) is 0 Å². The molecule has 2 aromatic heterocycles. The second kappa shape index (κ2) is 4.55. The van der Waals surface area contributed by atoms with Crippen molar-refractivity contribution in [1.82, 2.24) is 4.98 Å². The minimum atomic E-state index is 0.0955. The first-order valence-corrected chi connectivity index (χ1v) is 5.68. The van der Waals surface area contributed by atoms with E-state index >= 15 is 0 Å². The van der Waals surface area contributed by atoms with Gasteiger partial charge in [-0.1, -0.05) is 17.7 Å². The predicted octanol–water partition coefficient (Wildman–Crippen LogP) is 3.22. The lowest BCUT2D eigenvalue weighted by molar-refractivity contribution is 0.0997. The summed E-state index contributed by atoms with van der Waals surface area (Å²) in [4.78, 5) is 16.4. The highest BCUT2D eigenvalue weighted by molar-refractivity contribution is 7.12. The third kappa shape index (κ3) is 2.43. The maximum atomic E-state index is 11.8. The minimum absolute atomic E-state index is 0.0955. The zero-order valence-corrected chi connectivity index (χ0v) is 9.39. The Bertz CT molecular complexity index is 467. The summed E-state index contributed by atoms with van der Waals surface area (Å²) in [7, 11) is 0. The van der Waals surface area contributed by atoms with Crippen molar-refractivity contribution >= 4 is 28.7 Å². The Kier molecular flexibility index (Phi) is 3.14. The molecule has 0 aromatic carbocycles. The molecule has 0 bridgehead atoms. The molecule has 4 heteroatoms. The second-order valence-electron chi connectivity index (χ2n) is 3.04. The molecule has 76 valence electrons. The van der Waals surface area contributed by atoms with Crippen LogP contribution < -0.4 is 0 Å². The highest BCUT2D eigenvalue weighted by Gasteiger charge is 2.09. The van der Waals surface area contributed by atoms with Crippen LogP contribution in [0.1, 0.15) is 15.2 Å². The first-order chi connectivity index (χ1) is 7.27. The molecular formula is C11H8ClNOS. The van der Waals surface area contributed by atoms with Crippen LogP contribution in [0.3, 0.4) is 0 Å². The Hall–Kier alpha value is -1.19. The Labute approximate surface area is 96.5 Å². The number of nitrogens with zero attached hydrogens (tertiary/aromatic N) is 1. The third-order valence-electron chi connectivity index (χ3n) is 2.00. The molecule has 2 nitrogen and oxygen atoms in total. The number of ketones is 1. The van der Waals surface area contributed by atoms with Crippen molar-refractivity contribution < 1.29 is 4.79 Å². The summed E-state index contributed by atoms with van der Waals surface area (Å²) in [5.74, 6) is 0.0955. The molecule has 0 spiro atoms. The fraction of sp³-hybridized carbons (Fsp3) is 0.0909. The van der Waals surface area contributed by atoms with Crippen molar-refractivity contribution in [2.24, 2.45) is 0 Å². The van der Waals surface area contributed by atoms with Gasteiger partial charge in [0.15, 0.2) is 5.78 Å². The van der Waals surface area contributed by atoms with Gasteiger partial charge in [-0.15, -0.1) is 11.3 Å². The normalized spacial score (nSPS) is 10.2. The van der Waals surface area contributed by atoms with E-state index in [1.54, 1.807) is 18.5 Å². The molecule has 0 amide bonds. The lowest BCUT2D eigenvalue weighted by Crippen LogP contribution is -2.01. The molecule has 0 N–H and O–H groups in total. The number of thiophene rings is 1. The maximum absolute atomic E-state index is 11.8. The number of hydrogen-bond acceptors (Lipinski definition) is 3. The van der Waals surface area contributed by atoms with Crippen LogP contribution in [-0.2, 0) is 6.42 Å². The van der Waals surface area contributed by atoms with Gasteiger partial charge in [-0.2, -0.15) is 0 Å². The second-order valence-corrected chi connectivity index (χ2v) is 4.40.